The summed E-state index contributed by atoms with van der Waals surface area (Å²) >= 11 is 6.01. The van der Waals surface area contributed by atoms with Crippen molar-refractivity contribution >= 4 is 22.5 Å². The number of hydrogen-bond donors (Lipinski definition) is 1. The molecule has 14 heavy (non-hydrogen) atoms. The Kier molecular flexibility index (Phi) is 2.63. The van der Waals surface area contributed by atoms with Gasteiger partial charge >= 0.3 is 0 Å². The predicted molar refractivity (Wildman–Crippen MR) is 55.7 cm³/mol. The van der Waals surface area contributed by atoms with Crippen LogP contribution >= 0.6 is 11.6 Å². The van der Waals surface area contributed by atoms with E-state index in [0.717, 1.165) is 16.5 Å². The van der Waals surface area contributed by atoms with Crippen molar-refractivity contribution in [1.29, 1.82) is 0 Å². The summed E-state index contributed by atoms with van der Waals surface area (Å²) in [5.41, 5.74) is 1.66. The minimum absolute atomic E-state index is 0.271. The number of pyridine rings is 1. The second-order valence-electron chi connectivity index (χ2n) is 2.91. The van der Waals surface area contributed by atoms with Crippen molar-refractivity contribution in [3.63, 3.8) is 0 Å². The average Bonchev–Trinajstić information content (AvgIpc) is 2.23. The van der Waals surface area contributed by atoms with Crippen LogP contribution in [0.4, 0.5) is 0 Å². The van der Waals surface area contributed by atoms with Crippen LogP contribution in [-0.2, 0) is 11.4 Å². The highest BCUT2D eigenvalue weighted by Gasteiger charge is 2.06. The van der Waals surface area contributed by atoms with Crippen molar-refractivity contribution in [3.05, 3.63) is 41.0 Å². The van der Waals surface area contributed by atoms with E-state index in [1.807, 2.05) is 24.3 Å². The lowest BCUT2D eigenvalue weighted by atomic mass is 10.1. The molecule has 0 unspecified atom stereocenters. The first-order valence-electron chi connectivity index (χ1n) is 4.16. The van der Waals surface area contributed by atoms with Gasteiger partial charge in [-0.3, -0.25) is 9.82 Å². The van der Waals surface area contributed by atoms with Crippen LogP contribution in [0.25, 0.3) is 10.9 Å². The number of nitrogens with zero attached hydrogens (tertiary/aromatic N) is 1. The highest BCUT2D eigenvalue weighted by molar-refractivity contribution is 6.32. The maximum atomic E-state index is 6.01. The second-order valence-corrected chi connectivity index (χ2v) is 3.32. The minimum Gasteiger partial charge on any atom is -0.300 e. The Morgan fingerprint density at radius 1 is 1.36 bits per heavy atom. The quantitative estimate of drug-likeness (QED) is 0.771. The van der Waals surface area contributed by atoms with Crippen LogP contribution in [0.2, 0.25) is 5.02 Å². The van der Waals surface area contributed by atoms with E-state index in [9.17, 15) is 0 Å². The second kappa shape index (κ2) is 3.92. The number of aromatic nitrogens is 1. The van der Waals surface area contributed by atoms with Crippen molar-refractivity contribution in [1.82, 2.24) is 4.98 Å². The maximum Gasteiger partial charge on any atom is 0.0965 e. The molecule has 2 N–H and O–H groups in total. The molecule has 72 valence electrons. The first-order chi connectivity index (χ1) is 6.83. The molecule has 4 heteroatoms. The molecule has 0 spiro atoms. The Labute approximate surface area is 86.4 Å². The first-order valence-corrected chi connectivity index (χ1v) is 4.54. The molecule has 0 aliphatic heterocycles. The standard InChI is InChI=1S/C10H9ClN2O/c11-9-4-3-7-2-1-5-13-10(7)8(9)6-14-12/h1-5H,6,12H2. The maximum absolute atomic E-state index is 6.01. The van der Waals surface area contributed by atoms with Crippen LogP contribution in [0, 0.1) is 0 Å². The Morgan fingerprint density at radius 2 is 2.21 bits per heavy atom. The molecule has 3 nitrogen and oxygen atoms in total. The molecule has 0 atom stereocenters. The van der Waals surface area contributed by atoms with Gasteiger partial charge in [0.25, 0.3) is 0 Å². The fraction of sp³-hybridized carbons (Fsp3) is 0.100. The molecule has 0 radical (unpaired) electrons. The van der Waals surface area contributed by atoms with E-state index in [1.165, 1.54) is 0 Å². The van der Waals surface area contributed by atoms with E-state index in [2.05, 4.69) is 9.82 Å². The smallest absolute Gasteiger partial charge is 0.0965 e. The molecule has 2 aromatic rings. The minimum atomic E-state index is 0.271. The van der Waals surface area contributed by atoms with Gasteiger partial charge in [-0.05, 0) is 12.1 Å². The average molecular weight is 209 g/mol. The van der Waals surface area contributed by atoms with E-state index >= 15 is 0 Å². The molecule has 0 fully saturated rings. The summed E-state index contributed by atoms with van der Waals surface area (Å²) in [4.78, 5) is 8.83. The third-order valence-electron chi connectivity index (χ3n) is 2.05. The van der Waals surface area contributed by atoms with Gasteiger partial charge in [-0.25, -0.2) is 5.90 Å². The van der Waals surface area contributed by atoms with Gasteiger partial charge in [-0.1, -0.05) is 23.7 Å². The largest absolute Gasteiger partial charge is 0.300 e. The molecular weight excluding hydrogens is 200 g/mol. The number of benzene rings is 1. The Bertz CT molecular complexity index is 459. The van der Waals surface area contributed by atoms with Gasteiger partial charge in [0.05, 0.1) is 12.1 Å². The number of rotatable bonds is 2. The van der Waals surface area contributed by atoms with Gasteiger partial charge in [0.1, 0.15) is 0 Å². The monoisotopic (exact) mass is 208 g/mol. The van der Waals surface area contributed by atoms with Gasteiger partial charge < -0.3 is 0 Å². The van der Waals surface area contributed by atoms with Crippen LogP contribution < -0.4 is 5.90 Å². The fourth-order valence-electron chi connectivity index (χ4n) is 1.40. The summed E-state index contributed by atoms with van der Waals surface area (Å²) in [6.45, 7) is 0.271. The lowest BCUT2D eigenvalue weighted by molar-refractivity contribution is 0.125. The molecule has 0 saturated carbocycles. The van der Waals surface area contributed by atoms with E-state index < -0.39 is 0 Å². The van der Waals surface area contributed by atoms with Gasteiger partial charge in [0.2, 0.25) is 0 Å². The van der Waals surface area contributed by atoms with Crippen molar-refractivity contribution in [2.75, 3.05) is 0 Å². The summed E-state index contributed by atoms with van der Waals surface area (Å²) in [6.07, 6.45) is 1.72. The molecule has 0 amide bonds. The number of fused-ring (bicyclic) bond motifs is 1. The van der Waals surface area contributed by atoms with Gasteiger partial charge in [0, 0.05) is 22.2 Å². The molecule has 0 aliphatic carbocycles. The molecule has 0 bridgehead atoms. The molecule has 1 aromatic heterocycles. The fourth-order valence-corrected chi connectivity index (χ4v) is 1.61. The molecule has 0 saturated heterocycles. The van der Waals surface area contributed by atoms with Gasteiger partial charge in [-0.2, -0.15) is 0 Å². The predicted octanol–water partition coefficient (Wildman–Crippen LogP) is 2.28. The zero-order chi connectivity index (χ0) is 9.97. The Morgan fingerprint density at radius 3 is 3.00 bits per heavy atom. The van der Waals surface area contributed by atoms with Crippen LogP contribution in [-0.4, -0.2) is 4.98 Å². The third-order valence-corrected chi connectivity index (χ3v) is 2.40. The zero-order valence-electron chi connectivity index (χ0n) is 7.40. The molecule has 2 rings (SSSR count). The summed E-state index contributed by atoms with van der Waals surface area (Å²) in [7, 11) is 0. The molecule has 1 heterocycles. The highest BCUT2D eigenvalue weighted by Crippen LogP contribution is 2.24. The first kappa shape index (κ1) is 9.40. The zero-order valence-corrected chi connectivity index (χ0v) is 8.16. The van der Waals surface area contributed by atoms with E-state index in [1.54, 1.807) is 6.20 Å². The molecule has 1 aromatic carbocycles. The lowest BCUT2D eigenvalue weighted by Crippen LogP contribution is -2.00. The SMILES string of the molecule is NOCc1c(Cl)ccc2cccnc12. The van der Waals surface area contributed by atoms with E-state index in [4.69, 9.17) is 17.5 Å². The summed E-state index contributed by atoms with van der Waals surface area (Å²) in [5.74, 6) is 5.03. The van der Waals surface area contributed by atoms with Crippen molar-refractivity contribution < 1.29 is 4.84 Å². The third kappa shape index (κ3) is 1.57. The Balaban J connectivity index is 2.69. The normalized spacial score (nSPS) is 10.7. The highest BCUT2D eigenvalue weighted by atomic mass is 35.5. The number of hydrogen-bond acceptors (Lipinski definition) is 3. The summed E-state index contributed by atoms with van der Waals surface area (Å²) in [5, 5.41) is 1.66. The summed E-state index contributed by atoms with van der Waals surface area (Å²) < 4.78 is 0. The van der Waals surface area contributed by atoms with Gasteiger partial charge in [-0.15, -0.1) is 0 Å². The van der Waals surface area contributed by atoms with Crippen molar-refractivity contribution in [2.45, 2.75) is 6.61 Å². The lowest BCUT2D eigenvalue weighted by Gasteiger charge is -2.05. The van der Waals surface area contributed by atoms with Gasteiger partial charge in [0.15, 0.2) is 0 Å². The molecule has 0 aliphatic rings. The molecular formula is C10H9ClN2O. The van der Waals surface area contributed by atoms with E-state index in [-0.39, 0.29) is 6.61 Å². The Hall–Kier alpha value is -1.16. The van der Waals surface area contributed by atoms with Crippen LogP contribution in [0.5, 0.6) is 0 Å². The van der Waals surface area contributed by atoms with E-state index in [0.29, 0.717) is 5.02 Å². The van der Waals surface area contributed by atoms with Crippen molar-refractivity contribution in [2.24, 2.45) is 5.90 Å². The topological polar surface area (TPSA) is 48.1 Å². The van der Waals surface area contributed by atoms with Crippen LogP contribution in [0.3, 0.4) is 0 Å². The number of halogens is 1. The van der Waals surface area contributed by atoms with Crippen LogP contribution in [0.1, 0.15) is 5.56 Å². The number of nitrogens with two attached hydrogens (primary N) is 1. The van der Waals surface area contributed by atoms with Crippen molar-refractivity contribution in [3.8, 4) is 0 Å². The summed E-state index contributed by atoms with van der Waals surface area (Å²) in [6, 6.07) is 7.59. The van der Waals surface area contributed by atoms with Crippen LogP contribution in [0.15, 0.2) is 30.5 Å².